The Morgan fingerprint density at radius 3 is 2.56 bits per heavy atom. The second kappa shape index (κ2) is 4.63. The van der Waals surface area contributed by atoms with Crippen LogP contribution in [-0.2, 0) is 9.84 Å². The lowest BCUT2D eigenvalue weighted by Crippen LogP contribution is -2.50. The maximum atomic E-state index is 11.6. The first-order valence-electron chi connectivity index (χ1n) is 6.21. The normalized spacial score (nSPS) is 40.8. The van der Waals surface area contributed by atoms with Crippen LogP contribution in [-0.4, -0.2) is 49.5 Å². The lowest BCUT2D eigenvalue weighted by Gasteiger charge is -2.34. The lowest BCUT2D eigenvalue weighted by atomic mass is 10.1. The molecule has 2 aliphatic heterocycles. The lowest BCUT2D eigenvalue weighted by molar-refractivity contribution is 0.149. The molecule has 0 saturated carbocycles. The maximum Gasteiger partial charge on any atom is 0.153 e. The minimum atomic E-state index is -2.90. The Bertz CT molecular complexity index is 342. The van der Waals surface area contributed by atoms with Crippen molar-refractivity contribution in [3.05, 3.63) is 0 Å². The third-order valence-electron chi connectivity index (χ3n) is 3.90. The fourth-order valence-electron chi connectivity index (χ4n) is 2.99. The van der Waals surface area contributed by atoms with Gasteiger partial charge in [0.25, 0.3) is 0 Å². The molecular weight excluding hydrogens is 224 g/mol. The molecule has 0 spiro atoms. The first-order valence-corrected chi connectivity index (χ1v) is 8.03. The van der Waals surface area contributed by atoms with E-state index in [-0.39, 0.29) is 23.6 Å². The summed E-state index contributed by atoms with van der Waals surface area (Å²) in [5.74, 6) is 0.430. The molecule has 94 valence electrons. The van der Waals surface area contributed by atoms with Gasteiger partial charge in [-0.25, -0.2) is 8.42 Å². The van der Waals surface area contributed by atoms with E-state index < -0.39 is 9.84 Å². The molecule has 0 amide bonds. The van der Waals surface area contributed by atoms with Crippen molar-refractivity contribution in [2.24, 2.45) is 5.73 Å². The number of nitrogens with two attached hydrogens (primary N) is 1. The first kappa shape index (κ1) is 12.3. The van der Waals surface area contributed by atoms with E-state index in [2.05, 4.69) is 11.8 Å². The van der Waals surface area contributed by atoms with Crippen molar-refractivity contribution in [3.8, 4) is 0 Å². The zero-order valence-corrected chi connectivity index (χ0v) is 10.7. The van der Waals surface area contributed by atoms with Gasteiger partial charge in [-0.2, -0.15) is 0 Å². The number of likely N-dealkylation sites (tertiary alicyclic amines) is 1. The van der Waals surface area contributed by atoms with Crippen LogP contribution in [0.1, 0.15) is 32.6 Å². The summed E-state index contributed by atoms with van der Waals surface area (Å²) in [7, 11) is -2.90. The second-order valence-corrected chi connectivity index (χ2v) is 7.40. The van der Waals surface area contributed by atoms with Gasteiger partial charge in [-0.15, -0.1) is 0 Å². The molecule has 2 fully saturated rings. The number of hydrogen-bond acceptors (Lipinski definition) is 4. The SMILES string of the molecule is CC1CCCCCN1C1CS(=O)(=O)CC1N. The molecule has 5 heteroatoms. The highest BCUT2D eigenvalue weighted by atomic mass is 32.2. The van der Waals surface area contributed by atoms with E-state index >= 15 is 0 Å². The summed E-state index contributed by atoms with van der Waals surface area (Å²) in [5.41, 5.74) is 5.98. The molecule has 2 heterocycles. The van der Waals surface area contributed by atoms with Gasteiger partial charge in [0.2, 0.25) is 0 Å². The van der Waals surface area contributed by atoms with Crippen LogP contribution in [0.15, 0.2) is 0 Å². The van der Waals surface area contributed by atoms with E-state index in [0.29, 0.717) is 6.04 Å². The molecule has 2 aliphatic rings. The zero-order valence-electron chi connectivity index (χ0n) is 9.93. The van der Waals surface area contributed by atoms with Crippen LogP contribution in [0.3, 0.4) is 0 Å². The first-order chi connectivity index (χ1) is 7.49. The summed E-state index contributed by atoms with van der Waals surface area (Å²) in [5, 5.41) is 0. The molecule has 2 N–H and O–H groups in total. The average Bonchev–Trinajstić information content (AvgIpc) is 2.37. The molecule has 4 nitrogen and oxygen atoms in total. The van der Waals surface area contributed by atoms with E-state index in [4.69, 9.17) is 5.73 Å². The fourth-order valence-corrected chi connectivity index (χ4v) is 4.89. The standard InChI is InChI=1S/C11H22N2O2S/c1-9-5-3-2-4-6-13(9)11-8-16(14,15)7-10(11)12/h9-11H,2-8,12H2,1H3. The van der Waals surface area contributed by atoms with Crippen molar-refractivity contribution >= 4 is 9.84 Å². The molecule has 3 atom stereocenters. The van der Waals surface area contributed by atoms with Crippen LogP contribution >= 0.6 is 0 Å². The van der Waals surface area contributed by atoms with Crippen LogP contribution in [0.2, 0.25) is 0 Å². The third-order valence-corrected chi connectivity index (χ3v) is 5.64. The quantitative estimate of drug-likeness (QED) is 0.726. The van der Waals surface area contributed by atoms with Crippen molar-refractivity contribution in [2.45, 2.75) is 50.7 Å². The van der Waals surface area contributed by atoms with Crippen molar-refractivity contribution in [1.82, 2.24) is 4.90 Å². The van der Waals surface area contributed by atoms with Gasteiger partial charge in [0, 0.05) is 18.1 Å². The predicted octanol–water partition coefficient (Wildman–Crippen LogP) is 0.375. The van der Waals surface area contributed by atoms with Crippen molar-refractivity contribution in [2.75, 3.05) is 18.1 Å². The topological polar surface area (TPSA) is 63.4 Å². The summed E-state index contributed by atoms with van der Waals surface area (Å²) in [4.78, 5) is 2.34. The minimum Gasteiger partial charge on any atom is -0.325 e. The Hall–Kier alpha value is -0.130. The Morgan fingerprint density at radius 2 is 1.94 bits per heavy atom. The number of sulfone groups is 1. The van der Waals surface area contributed by atoms with Gasteiger partial charge < -0.3 is 5.73 Å². The van der Waals surface area contributed by atoms with Gasteiger partial charge in [0.15, 0.2) is 9.84 Å². The van der Waals surface area contributed by atoms with Gasteiger partial charge in [-0.3, -0.25) is 4.90 Å². The second-order valence-electron chi connectivity index (χ2n) is 5.24. The molecule has 2 saturated heterocycles. The molecule has 0 bridgehead atoms. The smallest absolute Gasteiger partial charge is 0.153 e. The van der Waals surface area contributed by atoms with Crippen molar-refractivity contribution < 1.29 is 8.42 Å². The highest BCUT2D eigenvalue weighted by molar-refractivity contribution is 7.91. The third kappa shape index (κ3) is 2.57. The van der Waals surface area contributed by atoms with E-state index in [1.807, 2.05) is 0 Å². The van der Waals surface area contributed by atoms with Crippen LogP contribution < -0.4 is 5.73 Å². The Balaban J connectivity index is 2.11. The maximum absolute atomic E-state index is 11.6. The summed E-state index contributed by atoms with van der Waals surface area (Å²) < 4.78 is 23.2. The van der Waals surface area contributed by atoms with Gasteiger partial charge in [-0.05, 0) is 26.3 Å². The van der Waals surface area contributed by atoms with E-state index in [9.17, 15) is 8.42 Å². The summed E-state index contributed by atoms with van der Waals surface area (Å²) >= 11 is 0. The monoisotopic (exact) mass is 246 g/mol. The van der Waals surface area contributed by atoms with Gasteiger partial charge in [-0.1, -0.05) is 12.8 Å². The number of hydrogen-bond donors (Lipinski definition) is 1. The predicted molar refractivity (Wildman–Crippen MR) is 65.1 cm³/mol. The van der Waals surface area contributed by atoms with Gasteiger partial charge >= 0.3 is 0 Å². The van der Waals surface area contributed by atoms with Gasteiger partial charge in [0.1, 0.15) is 0 Å². The molecule has 0 aromatic carbocycles. The number of rotatable bonds is 1. The van der Waals surface area contributed by atoms with Crippen LogP contribution in [0, 0.1) is 0 Å². The van der Waals surface area contributed by atoms with Crippen molar-refractivity contribution in [3.63, 3.8) is 0 Å². The molecule has 0 aromatic rings. The molecule has 0 aromatic heterocycles. The minimum absolute atomic E-state index is 0.0538. The molecule has 0 radical (unpaired) electrons. The van der Waals surface area contributed by atoms with Crippen LogP contribution in [0.4, 0.5) is 0 Å². The largest absolute Gasteiger partial charge is 0.325 e. The zero-order chi connectivity index (χ0) is 11.8. The van der Waals surface area contributed by atoms with E-state index in [1.165, 1.54) is 25.7 Å². The Kier molecular flexibility index (Phi) is 3.56. The van der Waals surface area contributed by atoms with Gasteiger partial charge in [0.05, 0.1) is 11.5 Å². The Labute approximate surface area is 98.1 Å². The fraction of sp³-hybridized carbons (Fsp3) is 1.00. The Morgan fingerprint density at radius 1 is 1.19 bits per heavy atom. The molecule has 16 heavy (non-hydrogen) atoms. The highest BCUT2D eigenvalue weighted by Gasteiger charge is 2.40. The highest BCUT2D eigenvalue weighted by Crippen LogP contribution is 2.24. The molecule has 0 aliphatic carbocycles. The summed E-state index contributed by atoms with van der Waals surface area (Å²) in [6, 6.07) is 0.343. The number of nitrogens with zero attached hydrogens (tertiary/aromatic N) is 1. The summed E-state index contributed by atoms with van der Waals surface area (Å²) in [6.07, 6.45) is 4.86. The van der Waals surface area contributed by atoms with Crippen LogP contribution in [0.25, 0.3) is 0 Å². The van der Waals surface area contributed by atoms with Crippen LogP contribution in [0.5, 0.6) is 0 Å². The van der Waals surface area contributed by atoms with Crippen molar-refractivity contribution in [1.29, 1.82) is 0 Å². The molecule has 2 rings (SSSR count). The summed E-state index contributed by atoms with van der Waals surface area (Å²) in [6.45, 7) is 3.21. The molecule has 3 unspecified atom stereocenters. The van der Waals surface area contributed by atoms with E-state index in [0.717, 1.165) is 6.54 Å². The van der Waals surface area contributed by atoms with E-state index in [1.54, 1.807) is 0 Å². The molecular formula is C11H22N2O2S. The average molecular weight is 246 g/mol.